The van der Waals surface area contributed by atoms with Gasteiger partial charge in [0.05, 0.1) is 5.92 Å². The van der Waals surface area contributed by atoms with Crippen LogP contribution in [-0.4, -0.2) is 16.6 Å². The van der Waals surface area contributed by atoms with E-state index in [1.54, 1.807) is 6.92 Å². The van der Waals surface area contributed by atoms with E-state index >= 15 is 0 Å². The minimum atomic E-state index is -0.706. The summed E-state index contributed by atoms with van der Waals surface area (Å²) in [5.41, 5.74) is 0. The van der Waals surface area contributed by atoms with E-state index in [1.807, 2.05) is 6.92 Å². The first-order valence-electron chi connectivity index (χ1n) is 2.41. The van der Waals surface area contributed by atoms with Crippen LogP contribution in [0.2, 0.25) is 0 Å². The summed E-state index contributed by atoms with van der Waals surface area (Å²) in [4.78, 5) is 9.93. The second kappa shape index (κ2) is 7.39. The molecule has 0 saturated heterocycles. The van der Waals surface area contributed by atoms with E-state index in [0.717, 1.165) is 6.42 Å². The molecule has 0 heterocycles. The Hall–Kier alpha value is -0.610. The van der Waals surface area contributed by atoms with Crippen molar-refractivity contribution in [2.75, 3.05) is 0 Å². The van der Waals surface area contributed by atoms with Crippen molar-refractivity contribution in [2.24, 2.45) is 5.92 Å². The quantitative estimate of drug-likeness (QED) is 0.577. The Morgan fingerprint density at radius 2 is 2.00 bits per heavy atom. The Balaban J connectivity index is -0.000000180. The largest absolute Gasteiger partial charge is 0.481 e. The second-order valence-corrected chi connectivity index (χ2v) is 1.65. The van der Waals surface area contributed by atoms with E-state index in [4.69, 9.17) is 5.11 Å². The van der Waals surface area contributed by atoms with Gasteiger partial charge >= 0.3 is 5.97 Å². The van der Waals surface area contributed by atoms with Crippen molar-refractivity contribution < 1.29 is 15.4 Å². The van der Waals surface area contributed by atoms with Gasteiger partial charge in [0.1, 0.15) is 0 Å². The van der Waals surface area contributed by atoms with Crippen LogP contribution in [0.1, 0.15) is 20.3 Å². The highest BCUT2D eigenvalue weighted by atomic mass is 16.4. The van der Waals surface area contributed by atoms with E-state index in [1.165, 1.54) is 0 Å². The van der Waals surface area contributed by atoms with Gasteiger partial charge in [-0.15, -0.1) is 0 Å². The molecular formula is C5H15NO3. The fourth-order valence-corrected chi connectivity index (χ4v) is 0.175. The minimum absolute atomic E-state index is 0. The number of carbonyl (C=O) groups is 1. The molecule has 58 valence electrons. The summed E-state index contributed by atoms with van der Waals surface area (Å²) >= 11 is 0. The zero-order valence-corrected chi connectivity index (χ0v) is 5.85. The van der Waals surface area contributed by atoms with Crippen molar-refractivity contribution >= 4 is 5.97 Å². The molecule has 9 heavy (non-hydrogen) atoms. The Kier molecular flexibility index (Phi) is 13.0. The number of rotatable bonds is 2. The number of aliphatic carboxylic acids is 1. The average molecular weight is 137 g/mol. The lowest BCUT2D eigenvalue weighted by molar-refractivity contribution is -0.141. The maximum Gasteiger partial charge on any atom is 0.306 e. The van der Waals surface area contributed by atoms with Crippen LogP contribution in [0.3, 0.4) is 0 Å². The van der Waals surface area contributed by atoms with Gasteiger partial charge in [-0.05, 0) is 6.42 Å². The lowest BCUT2D eigenvalue weighted by atomic mass is 10.1. The van der Waals surface area contributed by atoms with Gasteiger partial charge in [-0.25, -0.2) is 0 Å². The Labute approximate surface area is 54.8 Å². The molecule has 0 aliphatic heterocycles. The molecule has 6 N–H and O–H groups in total. The number of hydrogen-bond acceptors (Lipinski definition) is 2. The van der Waals surface area contributed by atoms with Crippen molar-refractivity contribution in [2.45, 2.75) is 20.3 Å². The van der Waals surface area contributed by atoms with Crippen LogP contribution < -0.4 is 6.15 Å². The summed E-state index contributed by atoms with van der Waals surface area (Å²) in [6.45, 7) is 3.56. The highest BCUT2D eigenvalue weighted by Gasteiger charge is 2.05. The summed E-state index contributed by atoms with van der Waals surface area (Å²) in [5, 5.41) is 8.18. The maximum atomic E-state index is 9.93. The van der Waals surface area contributed by atoms with Crippen molar-refractivity contribution in [3.63, 3.8) is 0 Å². The Bertz CT molecular complexity index is 74.6. The van der Waals surface area contributed by atoms with Gasteiger partial charge in [-0.1, -0.05) is 13.8 Å². The summed E-state index contributed by atoms with van der Waals surface area (Å²) in [7, 11) is 0. The van der Waals surface area contributed by atoms with Crippen LogP contribution in [0, 0.1) is 5.92 Å². The van der Waals surface area contributed by atoms with E-state index in [9.17, 15) is 4.79 Å². The van der Waals surface area contributed by atoms with Crippen LogP contribution in [0.4, 0.5) is 0 Å². The molecule has 0 radical (unpaired) electrons. The molecule has 0 fully saturated rings. The lowest BCUT2D eigenvalue weighted by Crippen LogP contribution is -2.06. The molecule has 0 aromatic carbocycles. The minimum Gasteiger partial charge on any atom is -0.481 e. The molecule has 0 amide bonds. The smallest absolute Gasteiger partial charge is 0.306 e. The molecule has 0 spiro atoms. The predicted octanol–water partition coefficient (Wildman–Crippen LogP) is 0.454. The summed E-state index contributed by atoms with van der Waals surface area (Å²) in [6, 6.07) is 0. The first-order valence-corrected chi connectivity index (χ1v) is 2.41. The summed E-state index contributed by atoms with van der Waals surface area (Å²) in [5.74, 6) is -0.887. The molecule has 0 saturated carbocycles. The highest BCUT2D eigenvalue weighted by Crippen LogP contribution is 1.97. The first-order chi connectivity index (χ1) is 3.18. The molecule has 0 bridgehead atoms. The van der Waals surface area contributed by atoms with Crippen molar-refractivity contribution in [1.82, 2.24) is 6.15 Å². The summed E-state index contributed by atoms with van der Waals surface area (Å²) < 4.78 is 0. The van der Waals surface area contributed by atoms with Crippen molar-refractivity contribution in [3.05, 3.63) is 0 Å². The molecule has 0 aromatic rings. The lowest BCUT2D eigenvalue weighted by Gasteiger charge is -1.96. The average Bonchev–Trinajstić information content (AvgIpc) is 1.65. The van der Waals surface area contributed by atoms with Crippen molar-refractivity contribution in [1.29, 1.82) is 0 Å². The highest BCUT2D eigenvalue weighted by molar-refractivity contribution is 5.69. The molecule has 4 heteroatoms. The van der Waals surface area contributed by atoms with Gasteiger partial charge < -0.3 is 16.7 Å². The number of carboxylic acids is 1. The molecule has 4 nitrogen and oxygen atoms in total. The zero-order valence-electron chi connectivity index (χ0n) is 5.85. The molecular weight excluding hydrogens is 122 g/mol. The summed E-state index contributed by atoms with van der Waals surface area (Å²) in [6.07, 6.45) is 0.718. The molecule has 1 atom stereocenters. The molecule has 0 rings (SSSR count). The van der Waals surface area contributed by atoms with Gasteiger partial charge in [0.2, 0.25) is 0 Å². The third-order valence-electron chi connectivity index (χ3n) is 1.03. The maximum absolute atomic E-state index is 9.93. The zero-order chi connectivity index (χ0) is 5.86. The number of hydrogen-bond donors (Lipinski definition) is 2. The van der Waals surface area contributed by atoms with Gasteiger partial charge in [0, 0.05) is 0 Å². The fraction of sp³-hybridized carbons (Fsp3) is 0.800. The third-order valence-corrected chi connectivity index (χ3v) is 1.03. The van der Waals surface area contributed by atoms with E-state index in [-0.39, 0.29) is 17.5 Å². The third kappa shape index (κ3) is 7.39. The Morgan fingerprint density at radius 3 is 2.00 bits per heavy atom. The fourth-order valence-electron chi connectivity index (χ4n) is 0.175. The molecule has 1 unspecified atom stereocenters. The molecule has 0 aliphatic rings. The Morgan fingerprint density at radius 1 is 1.67 bits per heavy atom. The van der Waals surface area contributed by atoms with Gasteiger partial charge in [0.15, 0.2) is 0 Å². The van der Waals surface area contributed by atoms with Gasteiger partial charge in [0.25, 0.3) is 0 Å². The van der Waals surface area contributed by atoms with Crippen LogP contribution in [0.15, 0.2) is 0 Å². The molecule has 0 aromatic heterocycles. The molecule has 0 aliphatic carbocycles. The monoisotopic (exact) mass is 137 g/mol. The van der Waals surface area contributed by atoms with Crippen LogP contribution in [0.25, 0.3) is 0 Å². The van der Waals surface area contributed by atoms with E-state index in [2.05, 4.69) is 0 Å². The van der Waals surface area contributed by atoms with Gasteiger partial charge in [-0.2, -0.15) is 0 Å². The van der Waals surface area contributed by atoms with E-state index < -0.39 is 5.97 Å². The van der Waals surface area contributed by atoms with Crippen LogP contribution in [-0.2, 0) is 4.79 Å². The predicted molar refractivity (Wildman–Crippen MR) is 35.7 cm³/mol. The standard InChI is InChI=1S/C5H10O2.H3N.H2O/c1-3-4(2)5(6)7;;/h4H,3H2,1-2H3,(H,6,7);1H3;1H2. The topological polar surface area (TPSA) is 104 Å². The first kappa shape index (κ1) is 15.8. The second-order valence-electron chi connectivity index (χ2n) is 1.65. The van der Waals surface area contributed by atoms with E-state index in [0.29, 0.717) is 0 Å². The SMILES string of the molecule is CCC(C)C(=O)O.N.O. The van der Waals surface area contributed by atoms with Crippen molar-refractivity contribution in [3.8, 4) is 0 Å². The van der Waals surface area contributed by atoms with Crippen LogP contribution in [0.5, 0.6) is 0 Å². The van der Waals surface area contributed by atoms with Crippen LogP contribution >= 0.6 is 0 Å². The number of carboxylic acid groups (broad SMARTS) is 1. The normalized spacial score (nSPS) is 10.4. The van der Waals surface area contributed by atoms with Gasteiger partial charge in [-0.3, -0.25) is 4.79 Å².